The molecule has 1 amide bonds. The zero-order chi connectivity index (χ0) is 15.9. The molecule has 0 fully saturated rings. The van der Waals surface area contributed by atoms with Gasteiger partial charge in [0.1, 0.15) is 5.75 Å². The Morgan fingerprint density at radius 3 is 2.32 bits per heavy atom. The number of rotatable bonds is 2. The van der Waals surface area contributed by atoms with Gasteiger partial charge in [0.25, 0.3) is 0 Å². The fourth-order valence-corrected chi connectivity index (χ4v) is 2.77. The summed E-state index contributed by atoms with van der Waals surface area (Å²) in [6.07, 6.45) is 3.19. The first kappa shape index (κ1) is 14.0. The zero-order valence-electron chi connectivity index (χ0n) is 12.3. The number of amides is 1. The van der Waals surface area contributed by atoms with Crippen LogP contribution in [-0.4, -0.2) is 21.0 Å². The molecule has 110 valence electrons. The highest BCUT2D eigenvalue weighted by Crippen LogP contribution is 2.34. The molecule has 1 heterocycles. The van der Waals surface area contributed by atoms with Crippen LogP contribution in [0, 0.1) is 13.8 Å². The van der Waals surface area contributed by atoms with E-state index in [-0.39, 0.29) is 5.75 Å². The van der Waals surface area contributed by atoms with Crippen LogP contribution in [0.1, 0.15) is 21.5 Å². The molecule has 0 atom stereocenters. The smallest absolute Gasteiger partial charge is 0.248 e. The van der Waals surface area contributed by atoms with Gasteiger partial charge in [-0.1, -0.05) is 0 Å². The van der Waals surface area contributed by atoms with Gasteiger partial charge in [0.2, 0.25) is 5.91 Å². The Kier molecular flexibility index (Phi) is 3.25. The van der Waals surface area contributed by atoms with Crippen molar-refractivity contribution in [2.45, 2.75) is 13.8 Å². The van der Waals surface area contributed by atoms with Crippen molar-refractivity contribution in [3.05, 3.63) is 53.3 Å². The molecule has 22 heavy (non-hydrogen) atoms. The minimum absolute atomic E-state index is 0.209. The van der Waals surface area contributed by atoms with Gasteiger partial charge in [0, 0.05) is 23.5 Å². The highest BCUT2D eigenvalue weighted by molar-refractivity contribution is 6.02. The monoisotopic (exact) mass is 293 g/mol. The quantitative estimate of drug-likeness (QED) is 0.760. The first-order valence-corrected chi connectivity index (χ1v) is 6.82. The van der Waals surface area contributed by atoms with Gasteiger partial charge in [-0.2, -0.15) is 0 Å². The third-order valence-corrected chi connectivity index (χ3v) is 3.65. The van der Waals surface area contributed by atoms with Crippen LogP contribution >= 0.6 is 0 Å². The number of nitrogens with zero attached hydrogens (tertiary/aromatic N) is 2. The van der Waals surface area contributed by atoms with Crippen LogP contribution in [0.5, 0.6) is 5.75 Å². The second-order valence-electron chi connectivity index (χ2n) is 5.27. The van der Waals surface area contributed by atoms with Gasteiger partial charge in [0.15, 0.2) is 0 Å². The lowest BCUT2D eigenvalue weighted by atomic mass is 9.93. The predicted molar refractivity (Wildman–Crippen MR) is 84.6 cm³/mol. The van der Waals surface area contributed by atoms with E-state index in [0.717, 1.165) is 22.3 Å². The maximum absolute atomic E-state index is 11.6. The molecule has 0 radical (unpaired) electrons. The molecular formula is C17H15N3O2. The summed E-state index contributed by atoms with van der Waals surface area (Å²) < 4.78 is 0. The summed E-state index contributed by atoms with van der Waals surface area (Å²) in [6.45, 7) is 3.81. The normalized spacial score (nSPS) is 10.8. The number of aryl methyl sites for hydroxylation is 2. The molecule has 5 nitrogen and oxygen atoms in total. The van der Waals surface area contributed by atoms with Crippen molar-refractivity contribution in [2.75, 3.05) is 0 Å². The summed E-state index contributed by atoms with van der Waals surface area (Å²) in [5.41, 5.74) is 10.6. The van der Waals surface area contributed by atoms with Gasteiger partial charge in [-0.15, -0.1) is 0 Å². The fraction of sp³-hybridized carbons (Fsp3) is 0.118. The average molecular weight is 293 g/mol. The average Bonchev–Trinajstić information content (AvgIpc) is 2.45. The topological polar surface area (TPSA) is 89.1 Å². The van der Waals surface area contributed by atoms with Crippen LogP contribution in [0.3, 0.4) is 0 Å². The van der Waals surface area contributed by atoms with Gasteiger partial charge in [0.05, 0.1) is 11.0 Å². The second kappa shape index (κ2) is 5.11. The van der Waals surface area contributed by atoms with Crippen molar-refractivity contribution in [2.24, 2.45) is 5.73 Å². The second-order valence-corrected chi connectivity index (χ2v) is 5.27. The Balaban J connectivity index is 2.42. The lowest BCUT2D eigenvalue weighted by molar-refractivity contribution is 0.100. The van der Waals surface area contributed by atoms with Crippen LogP contribution in [-0.2, 0) is 0 Å². The number of benzene rings is 2. The van der Waals surface area contributed by atoms with E-state index in [1.54, 1.807) is 36.7 Å². The zero-order valence-corrected chi connectivity index (χ0v) is 12.3. The van der Waals surface area contributed by atoms with E-state index < -0.39 is 5.91 Å². The number of phenolic OH excluding ortho intramolecular Hbond substituents is 1. The van der Waals surface area contributed by atoms with E-state index >= 15 is 0 Å². The molecular weight excluding hydrogens is 278 g/mol. The van der Waals surface area contributed by atoms with E-state index in [2.05, 4.69) is 9.97 Å². The molecule has 0 saturated carbocycles. The molecule has 0 saturated heterocycles. The summed E-state index contributed by atoms with van der Waals surface area (Å²) in [6, 6.07) is 6.73. The molecule has 3 rings (SSSR count). The minimum Gasteiger partial charge on any atom is -0.508 e. The van der Waals surface area contributed by atoms with Gasteiger partial charge < -0.3 is 10.8 Å². The number of phenols is 1. The number of carbonyl (C=O) groups is 1. The minimum atomic E-state index is -0.511. The maximum atomic E-state index is 11.6. The summed E-state index contributed by atoms with van der Waals surface area (Å²) in [5, 5.41) is 9.72. The summed E-state index contributed by atoms with van der Waals surface area (Å²) in [7, 11) is 0. The van der Waals surface area contributed by atoms with Crippen LogP contribution in [0.25, 0.3) is 22.2 Å². The fourth-order valence-electron chi connectivity index (χ4n) is 2.77. The third kappa shape index (κ3) is 2.26. The molecule has 3 aromatic rings. The van der Waals surface area contributed by atoms with Gasteiger partial charge in [-0.25, -0.2) is 0 Å². The Labute approximate surface area is 127 Å². The molecule has 2 aromatic carbocycles. The van der Waals surface area contributed by atoms with Crippen molar-refractivity contribution < 1.29 is 9.90 Å². The van der Waals surface area contributed by atoms with Crippen molar-refractivity contribution >= 4 is 16.9 Å². The lowest BCUT2D eigenvalue weighted by Crippen LogP contribution is -2.11. The maximum Gasteiger partial charge on any atom is 0.248 e. The number of primary amides is 1. The highest BCUT2D eigenvalue weighted by Gasteiger charge is 2.15. The van der Waals surface area contributed by atoms with E-state index in [1.807, 2.05) is 13.8 Å². The van der Waals surface area contributed by atoms with Gasteiger partial charge >= 0.3 is 0 Å². The molecule has 0 unspecified atom stereocenters. The molecule has 0 aliphatic rings. The van der Waals surface area contributed by atoms with Gasteiger partial charge in [-0.05, 0) is 54.8 Å². The summed E-state index contributed by atoms with van der Waals surface area (Å²) in [4.78, 5) is 20.2. The van der Waals surface area contributed by atoms with Crippen molar-refractivity contribution in [1.29, 1.82) is 0 Å². The molecule has 1 aromatic heterocycles. The molecule has 5 heteroatoms. The Morgan fingerprint density at radius 2 is 1.68 bits per heavy atom. The van der Waals surface area contributed by atoms with Crippen molar-refractivity contribution in [3.63, 3.8) is 0 Å². The molecule has 0 spiro atoms. The summed E-state index contributed by atoms with van der Waals surface area (Å²) >= 11 is 0. The Bertz CT molecular complexity index is 881. The van der Waals surface area contributed by atoms with E-state index in [1.165, 1.54) is 0 Å². The Hall–Kier alpha value is -2.95. The number of hydrogen-bond donors (Lipinski definition) is 2. The SMILES string of the molecule is Cc1cc(O)cc(C)c1-c1cc(C(N)=O)cc2nccnc12. The molecule has 0 aliphatic heterocycles. The number of carbonyl (C=O) groups excluding carboxylic acids is 1. The van der Waals surface area contributed by atoms with Crippen LogP contribution in [0.15, 0.2) is 36.7 Å². The molecule has 0 bridgehead atoms. The van der Waals surface area contributed by atoms with Crippen LogP contribution in [0.2, 0.25) is 0 Å². The summed E-state index contributed by atoms with van der Waals surface area (Å²) in [5.74, 6) is -0.303. The van der Waals surface area contributed by atoms with Crippen LogP contribution < -0.4 is 5.73 Å². The largest absolute Gasteiger partial charge is 0.508 e. The number of nitrogens with two attached hydrogens (primary N) is 1. The van der Waals surface area contributed by atoms with Crippen LogP contribution in [0.4, 0.5) is 0 Å². The first-order chi connectivity index (χ1) is 10.5. The lowest BCUT2D eigenvalue weighted by Gasteiger charge is -2.13. The standard InChI is InChI=1S/C17H15N3O2/c1-9-5-12(21)6-10(2)15(9)13-7-11(17(18)22)8-14-16(13)20-4-3-19-14/h3-8,21H,1-2H3,(H2,18,22). The first-order valence-electron chi connectivity index (χ1n) is 6.82. The van der Waals surface area contributed by atoms with E-state index in [0.29, 0.717) is 16.6 Å². The van der Waals surface area contributed by atoms with Crippen molar-refractivity contribution in [3.8, 4) is 16.9 Å². The molecule has 3 N–H and O–H groups in total. The van der Waals surface area contributed by atoms with Gasteiger partial charge in [-0.3, -0.25) is 14.8 Å². The molecule has 0 aliphatic carbocycles. The predicted octanol–water partition coefficient (Wildman–Crippen LogP) is 2.72. The number of aromatic nitrogens is 2. The van der Waals surface area contributed by atoms with Crippen molar-refractivity contribution in [1.82, 2.24) is 9.97 Å². The van der Waals surface area contributed by atoms with E-state index in [9.17, 15) is 9.90 Å². The number of aromatic hydroxyl groups is 1. The highest BCUT2D eigenvalue weighted by atomic mass is 16.3. The Morgan fingerprint density at radius 1 is 1.05 bits per heavy atom. The number of fused-ring (bicyclic) bond motifs is 1. The van der Waals surface area contributed by atoms with E-state index in [4.69, 9.17) is 5.73 Å². The third-order valence-electron chi connectivity index (χ3n) is 3.65. The number of hydrogen-bond acceptors (Lipinski definition) is 4.